The third kappa shape index (κ3) is 1.97. The molecule has 122 valence electrons. The smallest absolute Gasteiger partial charge is 0.156 e. The predicted octanol–water partition coefficient (Wildman–Crippen LogP) is 4.96. The third-order valence-electron chi connectivity index (χ3n) is 5.36. The molecule has 0 radical (unpaired) electrons. The van der Waals surface area contributed by atoms with Gasteiger partial charge < -0.3 is 4.90 Å². The van der Waals surface area contributed by atoms with Crippen molar-refractivity contribution < 1.29 is 0 Å². The number of fused-ring (bicyclic) bond motifs is 3. The first kappa shape index (κ1) is 15.1. The van der Waals surface area contributed by atoms with Gasteiger partial charge in [0.25, 0.3) is 0 Å². The zero-order chi connectivity index (χ0) is 17.2. The van der Waals surface area contributed by atoms with Crippen molar-refractivity contribution in [1.82, 2.24) is 9.97 Å². The fourth-order valence-corrected chi connectivity index (χ4v) is 3.64. The van der Waals surface area contributed by atoms with Gasteiger partial charge in [0.1, 0.15) is 0 Å². The molecule has 1 aromatic heterocycles. The Morgan fingerprint density at radius 1 is 0.875 bits per heavy atom. The van der Waals surface area contributed by atoms with Crippen molar-refractivity contribution in [3.63, 3.8) is 0 Å². The van der Waals surface area contributed by atoms with Crippen LogP contribution in [-0.2, 0) is 5.41 Å². The number of benzene rings is 2. The topological polar surface area (TPSA) is 29.0 Å². The predicted molar refractivity (Wildman–Crippen MR) is 100 cm³/mol. The summed E-state index contributed by atoms with van der Waals surface area (Å²) >= 11 is 0. The van der Waals surface area contributed by atoms with Gasteiger partial charge in [-0.2, -0.15) is 0 Å². The number of hydrogen-bond acceptors (Lipinski definition) is 3. The average molecular weight is 317 g/mol. The molecule has 0 saturated heterocycles. The molecule has 3 aromatic rings. The highest BCUT2D eigenvalue weighted by Gasteiger charge is 2.37. The summed E-state index contributed by atoms with van der Waals surface area (Å²) in [6, 6.07) is 10.9. The maximum atomic E-state index is 5.05. The van der Waals surface area contributed by atoms with Crippen LogP contribution < -0.4 is 4.90 Å². The van der Waals surface area contributed by atoms with E-state index in [4.69, 9.17) is 9.97 Å². The lowest BCUT2D eigenvalue weighted by Gasteiger charge is -2.38. The molecule has 1 aliphatic rings. The minimum absolute atomic E-state index is 0.164. The van der Waals surface area contributed by atoms with E-state index in [0.29, 0.717) is 0 Å². The molecule has 2 aromatic carbocycles. The second-order valence-corrected chi connectivity index (χ2v) is 7.53. The molecule has 0 amide bonds. The highest BCUT2D eigenvalue weighted by atomic mass is 15.2. The van der Waals surface area contributed by atoms with Crippen molar-refractivity contribution in [2.75, 3.05) is 11.9 Å². The SMILES string of the molecule is Cc1ccc2c(c1)C(C)(C)c1nc3cc(C)c(C)cc3nc1N2C. The minimum Gasteiger partial charge on any atom is -0.328 e. The first-order valence-electron chi connectivity index (χ1n) is 8.43. The maximum absolute atomic E-state index is 5.05. The second-order valence-electron chi connectivity index (χ2n) is 7.53. The van der Waals surface area contributed by atoms with E-state index in [0.717, 1.165) is 22.5 Å². The van der Waals surface area contributed by atoms with Gasteiger partial charge in [0, 0.05) is 18.2 Å². The van der Waals surface area contributed by atoms with Crippen LogP contribution >= 0.6 is 0 Å². The van der Waals surface area contributed by atoms with Gasteiger partial charge in [-0.3, -0.25) is 0 Å². The molecule has 0 saturated carbocycles. The Hall–Kier alpha value is -2.42. The van der Waals surface area contributed by atoms with Crippen LogP contribution in [0.5, 0.6) is 0 Å². The van der Waals surface area contributed by atoms with Gasteiger partial charge in [-0.25, -0.2) is 9.97 Å². The van der Waals surface area contributed by atoms with Crippen molar-refractivity contribution in [2.45, 2.75) is 40.0 Å². The van der Waals surface area contributed by atoms with Crippen LogP contribution in [0.1, 0.15) is 41.8 Å². The van der Waals surface area contributed by atoms with Gasteiger partial charge in [-0.05, 0) is 69.5 Å². The number of nitrogens with zero attached hydrogens (tertiary/aromatic N) is 3. The van der Waals surface area contributed by atoms with Crippen LogP contribution in [0.4, 0.5) is 11.5 Å². The molecule has 0 atom stereocenters. The Balaban J connectivity index is 2.06. The minimum atomic E-state index is -0.164. The van der Waals surface area contributed by atoms with E-state index in [1.54, 1.807) is 0 Å². The van der Waals surface area contributed by atoms with Crippen LogP contribution in [0.25, 0.3) is 11.0 Å². The summed E-state index contributed by atoms with van der Waals surface area (Å²) in [5, 5.41) is 0. The van der Waals surface area contributed by atoms with Crippen molar-refractivity contribution in [3.8, 4) is 0 Å². The van der Waals surface area contributed by atoms with Crippen molar-refractivity contribution >= 4 is 22.5 Å². The van der Waals surface area contributed by atoms with Crippen molar-refractivity contribution in [3.05, 3.63) is 58.3 Å². The van der Waals surface area contributed by atoms with E-state index in [2.05, 4.69) is 76.9 Å². The molecule has 0 aliphatic carbocycles. The zero-order valence-electron chi connectivity index (χ0n) is 15.2. The number of anilines is 2. The van der Waals surface area contributed by atoms with E-state index < -0.39 is 0 Å². The lowest BCUT2D eigenvalue weighted by atomic mass is 9.77. The molecule has 0 bridgehead atoms. The van der Waals surface area contributed by atoms with Crippen molar-refractivity contribution in [2.24, 2.45) is 0 Å². The first-order chi connectivity index (χ1) is 11.3. The molecular weight excluding hydrogens is 294 g/mol. The summed E-state index contributed by atoms with van der Waals surface area (Å²) in [5.74, 6) is 0.965. The molecule has 1 aliphatic heterocycles. The molecule has 0 N–H and O–H groups in total. The molecule has 4 rings (SSSR count). The monoisotopic (exact) mass is 317 g/mol. The summed E-state index contributed by atoms with van der Waals surface area (Å²) in [6.45, 7) is 10.9. The van der Waals surface area contributed by atoms with Gasteiger partial charge in [-0.15, -0.1) is 0 Å². The first-order valence-corrected chi connectivity index (χ1v) is 8.43. The van der Waals surface area contributed by atoms with Gasteiger partial charge >= 0.3 is 0 Å². The Morgan fingerprint density at radius 3 is 2.17 bits per heavy atom. The van der Waals surface area contributed by atoms with E-state index in [9.17, 15) is 0 Å². The number of aromatic nitrogens is 2. The molecule has 3 heteroatoms. The molecule has 2 heterocycles. The fraction of sp³-hybridized carbons (Fsp3) is 0.333. The normalized spacial score (nSPS) is 15.3. The molecule has 0 fully saturated rings. The van der Waals surface area contributed by atoms with Crippen LogP contribution in [-0.4, -0.2) is 17.0 Å². The molecule has 0 unspecified atom stereocenters. The molecular formula is C21H23N3. The summed E-state index contributed by atoms with van der Waals surface area (Å²) in [5.41, 5.74) is 9.16. The highest BCUT2D eigenvalue weighted by molar-refractivity contribution is 5.83. The van der Waals surface area contributed by atoms with Gasteiger partial charge in [0.15, 0.2) is 5.82 Å². The lowest BCUT2D eigenvalue weighted by Crippen LogP contribution is -2.33. The standard InChI is InChI=1S/C21H23N3/c1-12-7-8-18-15(9-12)21(4,5)19-20(24(18)6)23-17-11-14(3)13(2)10-16(17)22-19/h7-11H,1-6H3. The Kier molecular flexibility index (Phi) is 3.02. The van der Waals surface area contributed by atoms with Gasteiger partial charge in [-0.1, -0.05) is 17.7 Å². The van der Waals surface area contributed by atoms with Gasteiger partial charge in [0.2, 0.25) is 0 Å². The highest BCUT2D eigenvalue weighted by Crippen LogP contribution is 2.47. The number of rotatable bonds is 0. The van der Waals surface area contributed by atoms with E-state index in [1.165, 1.54) is 27.9 Å². The Labute approximate surface area is 143 Å². The lowest BCUT2D eigenvalue weighted by molar-refractivity contribution is 0.604. The summed E-state index contributed by atoms with van der Waals surface area (Å²) in [4.78, 5) is 12.2. The molecule has 0 spiro atoms. The average Bonchev–Trinajstić information content (AvgIpc) is 2.53. The Morgan fingerprint density at radius 2 is 1.50 bits per heavy atom. The second kappa shape index (κ2) is 4.79. The summed E-state index contributed by atoms with van der Waals surface area (Å²) < 4.78 is 0. The zero-order valence-corrected chi connectivity index (χ0v) is 15.2. The van der Waals surface area contributed by atoms with Crippen LogP contribution in [0, 0.1) is 20.8 Å². The van der Waals surface area contributed by atoms with Crippen LogP contribution in [0.3, 0.4) is 0 Å². The van der Waals surface area contributed by atoms with Crippen LogP contribution in [0.15, 0.2) is 30.3 Å². The number of hydrogen-bond donors (Lipinski definition) is 0. The Bertz CT molecular complexity index is 986. The number of aryl methyl sites for hydroxylation is 3. The quantitative estimate of drug-likeness (QED) is 0.586. The van der Waals surface area contributed by atoms with Gasteiger partial charge in [0.05, 0.1) is 16.7 Å². The third-order valence-corrected chi connectivity index (χ3v) is 5.36. The van der Waals surface area contributed by atoms with Crippen molar-refractivity contribution in [1.29, 1.82) is 0 Å². The van der Waals surface area contributed by atoms with E-state index >= 15 is 0 Å². The molecule has 3 nitrogen and oxygen atoms in total. The largest absolute Gasteiger partial charge is 0.328 e. The van der Waals surface area contributed by atoms with E-state index in [1.807, 2.05) is 0 Å². The fourth-order valence-electron chi connectivity index (χ4n) is 3.64. The maximum Gasteiger partial charge on any atom is 0.156 e. The summed E-state index contributed by atoms with van der Waals surface area (Å²) in [6.07, 6.45) is 0. The molecule has 24 heavy (non-hydrogen) atoms. The van der Waals surface area contributed by atoms with E-state index in [-0.39, 0.29) is 5.41 Å². The van der Waals surface area contributed by atoms with Crippen LogP contribution in [0.2, 0.25) is 0 Å². The summed E-state index contributed by atoms with van der Waals surface area (Å²) in [7, 11) is 2.09.